The number of hydrogen-bond acceptors (Lipinski definition) is 5. The maximum absolute atomic E-state index is 10.5. The van der Waals surface area contributed by atoms with Gasteiger partial charge in [-0.3, -0.25) is 0 Å². The predicted octanol–water partition coefficient (Wildman–Crippen LogP) is 2.35. The Balaban J connectivity index is 2.16. The van der Waals surface area contributed by atoms with Gasteiger partial charge in [-0.2, -0.15) is 4.98 Å². The van der Waals surface area contributed by atoms with E-state index in [1.807, 2.05) is 0 Å². The number of methoxy groups -OCH3 is 2. The molecule has 0 aromatic carbocycles. The molecule has 19 heavy (non-hydrogen) atoms. The van der Waals surface area contributed by atoms with Gasteiger partial charge in [0.25, 0.3) is 0 Å². The molecule has 1 aromatic heterocycles. The highest BCUT2D eigenvalue weighted by Gasteiger charge is 2.32. The topological polar surface area (TPSA) is 64.5 Å². The van der Waals surface area contributed by atoms with E-state index in [-0.39, 0.29) is 5.92 Å². The molecule has 0 bridgehead atoms. The van der Waals surface area contributed by atoms with Crippen molar-refractivity contribution in [3.63, 3.8) is 0 Å². The Morgan fingerprint density at radius 3 is 2.74 bits per heavy atom. The number of aliphatic hydroxyl groups excluding tert-OH is 1. The van der Waals surface area contributed by atoms with Gasteiger partial charge in [-0.15, -0.1) is 0 Å². The fourth-order valence-electron chi connectivity index (χ4n) is 2.81. The molecular formula is C14H22N2O3. The molecule has 5 nitrogen and oxygen atoms in total. The van der Waals surface area contributed by atoms with Gasteiger partial charge in [0.1, 0.15) is 11.8 Å². The summed E-state index contributed by atoms with van der Waals surface area (Å²) in [5, 5.41) is 10.5. The van der Waals surface area contributed by atoms with Crippen LogP contribution in [0, 0.1) is 11.8 Å². The fraction of sp³-hybridized carbons (Fsp3) is 0.714. The van der Waals surface area contributed by atoms with Crippen LogP contribution < -0.4 is 9.47 Å². The lowest BCUT2D eigenvalue weighted by Crippen LogP contribution is -2.13. The molecule has 1 fully saturated rings. The molecule has 2 rings (SSSR count). The Morgan fingerprint density at radius 1 is 1.37 bits per heavy atom. The Morgan fingerprint density at radius 2 is 2.16 bits per heavy atom. The van der Waals surface area contributed by atoms with Crippen molar-refractivity contribution in [3.05, 3.63) is 11.9 Å². The molecule has 3 atom stereocenters. The summed E-state index contributed by atoms with van der Waals surface area (Å²) >= 11 is 0. The molecule has 106 valence electrons. The van der Waals surface area contributed by atoms with Gasteiger partial charge < -0.3 is 14.6 Å². The van der Waals surface area contributed by atoms with Crippen molar-refractivity contribution in [2.24, 2.45) is 11.8 Å². The molecule has 0 radical (unpaired) electrons. The van der Waals surface area contributed by atoms with Crippen molar-refractivity contribution >= 4 is 0 Å². The summed E-state index contributed by atoms with van der Waals surface area (Å²) in [5.41, 5.74) is 0.519. The van der Waals surface area contributed by atoms with Gasteiger partial charge in [0.2, 0.25) is 11.8 Å². The molecule has 5 heteroatoms. The fourth-order valence-corrected chi connectivity index (χ4v) is 2.81. The molecule has 1 heterocycles. The zero-order chi connectivity index (χ0) is 13.8. The van der Waals surface area contributed by atoms with E-state index in [2.05, 4.69) is 16.9 Å². The Bertz CT molecular complexity index is 425. The lowest BCUT2D eigenvalue weighted by molar-refractivity contribution is 0.100. The lowest BCUT2D eigenvalue weighted by Gasteiger charge is -2.19. The summed E-state index contributed by atoms with van der Waals surface area (Å²) in [6, 6.07) is 0. The minimum absolute atomic E-state index is 0.251. The van der Waals surface area contributed by atoms with E-state index < -0.39 is 6.10 Å². The smallest absolute Gasteiger partial charge is 0.241 e. The second-order valence-corrected chi connectivity index (χ2v) is 5.10. The zero-order valence-corrected chi connectivity index (χ0v) is 11.8. The average molecular weight is 266 g/mol. The third-order valence-electron chi connectivity index (χ3n) is 4.03. The molecule has 3 unspecified atom stereocenters. The van der Waals surface area contributed by atoms with Gasteiger partial charge >= 0.3 is 0 Å². The van der Waals surface area contributed by atoms with Gasteiger partial charge in [-0.25, -0.2) is 4.98 Å². The molecule has 1 saturated carbocycles. The Kier molecular flexibility index (Phi) is 4.58. The SMILES string of the molecule is CCC1CCC(C(O)c2ncc(OC)nc2OC)C1. The first kappa shape index (κ1) is 14.1. The predicted molar refractivity (Wildman–Crippen MR) is 71.2 cm³/mol. The van der Waals surface area contributed by atoms with Crippen molar-refractivity contribution in [3.8, 4) is 11.8 Å². The van der Waals surface area contributed by atoms with E-state index in [4.69, 9.17) is 9.47 Å². The van der Waals surface area contributed by atoms with E-state index in [9.17, 15) is 5.11 Å². The lowest BCUT2D eigenvalue weighted by atomic mass is 9.96. The average Bonchev–Trinajstić information content (AvgIpc) is 2.94. The van der Waals surface area contributed by atoms with E-state index in [0.29, 0.717) is 17.5 Å². The Hall–Kier alpha value is -1.36. The van der Waals surface area contributed by atoms with Crippen LogP contribution >= 0.6 is 0 Å². The number of ether oxygens (including phenoxy) is 2. The van der Waals surface area contributed by atoms with Gasteiger partial charge in [-0.1, -0.05) is 19.8 Å². The first-order valence-electron chi connectivity index (χ1n) is 6.82. The van der Waals surface area contributed by atoms with Crippen LogP contribution in [0.25, 0.3) is 0 Å². The van der Waals surface area contributed by atoms with Crippen molar-refractivity contribution in [2.75, 3.05) is 14.2 Å². The summed E-state index contributed by atoms with van der Waals surface area (Å²) in [6.45, 7) is 2.20. The minimum atomic E-state index is -0.607. The minimum Gasteiger partial charge on any atom is -0.480 e. The molecule has 1 N–H and O–H groups in total. The van der Waals surface area contributed by atoms with Gasteiger partial charge in [0.15, 0.2) is 0 Å². The summed E-state index contributed by atoms with van der Waals surface area (Å²) in [4.78, 5) is 8.43. The number of rotatable bonds is 5. The highest BCUT2D eigenvalue weighted by molar-refractivity contribution is 5.25. The molecule has 0 amide bonds. The largest absolute Gasteiger partial charge is 0.480 e. The van der Waals surface area contributed by atoms with Gasteiger partial charge in [-0.05, 0) is 24.7 Å². The van der Waals surface area contributed by atoms with Crippen molar-refractivity contribution in [2.45, 2.75) is 38.7 Å². The van der Waals surface area contributed by atoms with E-state index in [0.717, 1.165) is 18.8 Å². The van der Waals surface area contributed by atoms with Crippen LogP contribution in [0.5, 0.6) is 11.8 Å². The van der Waals surface area contributed by atoms with Crippen LogP contribution in [-0.2, 0) is 0 Å². The maximum Gasteiger partial charge on any atom is 0.241 e. The third kappa shape index (κ3) is 2.97. The molecule has 0 saturated heterocycles. The highest BCUT2D eigenvalue weighted by atomic mass is 16.5. The first-order valence-corrected chi connectivity index (χ1v) is 6.82. The summed E-state index contributed by atoms with van der Waals surface area (Å²) < 4.78 is 10.2. The summed E-state index contributed by atoms with van der Waals surface area (Å²) in [6.07, 6.45) is 5.36. The molecule has 0 aliphatic heterocycles. The molecule has 1 aliphatic rings. The van der Waals surface area contributed by atoms with E-state index in [1.54, 1.807) is 0 Å². The Labute approximate surface area is 114 Å². The molecular weight excluding hydrogens is 244 g/mol. The van der Waals surface area contributed by atoms with Crippen molar-refractivity contribution < 1.29 is 14.6 Å². The van der Waals surface area contributed by atoms with Gasteiger partial charge in [0.05, 0.1) is 20.4 Å². The molecule has 0 spiro atoms. The number of hydrogen-bond donors (Lipinski definition) is 1. The van der Waals surface area contributed by atoms with E-state index in [1.165, 1.54) is 33.3 Å². The zero-order valence-electron chi connectivity index (χ0n) is 11.8. The van der Waals surface area contributed by atoms with Crippen molar-refractivity contribution in [1.29, 1.82) is 0 Å². The first-order chi connectivity index (χ1) is 9.19. The quantitative estimate of drug-likeness (QED) is 0.886. The second-order valence-electron chi connectivity index (χ2n) is 5.10. The monoisotopic (exact) mass is 266 g/mol. The highest BCUT2D eigenvalue weighted by Crippen LogP contribution is 2.41. The standard InChI is InChI=1S/C14H22N2O3/c1-4-9-5-6-10(7-9)13(17)12-14(19-3)16-11(18-2)8-15-12/h8-10,13,17H,4-7H2,1-3H3. The number of aromatic nitrogens is 2. The summed E-state index contributed by atoms with van der Waals surface area (Å²) in [7, 11) is 3.06. The third-order valence-corrected chi connectivity index (χ3v) is 4.03. The van der Waals surface area contributed by atoms with Crippen LogP contribution in [-0.4, -0.2) is 29.3 Å². The number of nitrogens with zero attached hydrogens (tertiary/aromatic N) is 2. The number of aliphatic hydroxyl groups is 1. The summed E-state index contributed by atoms with van der Waals surface area (Å²) in [5.74, 6) is 1.72. The molecule has 1 aromatic rings. The van der Waals surface area contributed by atoms with E-state index >= 15 is 0 Å². The van der Waals surface area contributed by atoms with Crippen LogP contribution in [0.2, 0.25) is 0 Å². The van der Waals surface area contributed by atoms with Crippen LogP contribution in [0.4, 0.5) is 0 Å². The maximum atomic E-state index is 10.5. The van der Waals surface area contributed by atoms with Crippen molar-refractivity contribution in [1.82, 2.24) is 9.97 Å². The van der Waals surface area contributed by atoms with Crippen LogP contribution in [0.15, 0.2) is 6.20 Å². The van der Waals surface area contributed by atoms with Crippen LogP contribution in [0.3, 0.4) is 0 Å². The van der Waals surface area contributed by atoms with Crippen LogP contribution in [0.1, 0.15) is 44.4 Å². The second kappa shape index (κ2) is 6.19. The van der Waals surface area contributed by atoms with Gasteiger partial charge in [0, 0.05) is 0 Å². The molecule has 1 aliphatic carbocycles. The normalized spacial score (nSPS) is 24.2.